The van der Waals surface area contributed by atoms with Crippen molar-refractivity contribution >= 4 is 0 Å². The summed E-state index contributed by atoms with van der Waals surface area (Å²) < 4.78 is 1.83. The van der Waals surface area contributed by atoms with Gasteiger partial charge in [-0.25, -0.2) is 9.67 Å². The molecule has 0 aliphatic rings. The third kappa shape index (κ3) is 3.43. The first-order valence-corrected chi connectivity index (χ1v) is 6.65. The highest BCUT2D eigenvalue weighted by Gasteiger charge is 2.14. The lowest BCUT2D eigenvalue weighted by molar-refractivity contribution is 0.173. The summed E-state index contributed by atoms with van der Waals surface area (Å²) in [5.74, 6) is 1.25. The van der Waals surface area contributed by atoms with Crippen LogP contribution in [0.25, 0.3) is 0 Å². The third-order valence-electron chi connectivity index (χ3n) is 3.03. The van der Waals surface area contributed by atoms with Gasteiger partial charge in [0.2, 0.25) is 0 Å². The van der Waals surface area contributed by atoms with Crippen LogP contribution in [-0.4, -0.2) is 19.9 Å². The SMILES string of the molecule is CC(C)Cn1ncnc1CC(O)c1ccc(C#N)cc1. The number of hydrogen-bond donors (Lipinski definition) is 1. The Kier molecular flexibility index (Phi) is 4.49. The van der Waals surface area contributed by atoms with E-state index in [1.165, 1.54) is 6.33 Å². The standard InChI is InChI=1S/C15H18N4O/c1-11(2)9-19-15(17-10-18-19)7-14(20)13-5-3-12(8-16)4-6-13/h3-6,10-11,14,20H,7,9H2,1-2H3. The van der Waals surface area contributed by atoms with E-state index in [-0.39, 0.29) is 0 Å². The van der Waals surface area contributed by atoms with Crippen molar-refractivity contribution in [1.82, 2.24) is 14.8 Å². The maximum Gasteiger partial charge on any atom is 0.138 e. The van der Waals surface area contributed by atoms with Gasteiger partial charge in [-0.15, -0.1) is 0 Å². The number of nitriles is 1. The Labute approximate surface area is 118 Å². The van der Waals surface area contributed by atoms with Gasteiger partial charge in [-0.3, -0.25) is 0 Å². The molecule has 2 aromatic rings. The summed E-state index contributed by atoms with van der Waals surface area (Å²) in [7, 11) is 0. The lowest BCUT2D eigenvalue weighted by atomic mass is 10.0. The molecule has 0 aliphatic heterocycles. The fraction of sp³-hybridized carbons (Fsp3) is 0.400. The van der Waals surface area contributed by atoms with Gasteiger partial charge in [-0.05, 0) is 23.6 Å². The Morgan fingerprint density at radius 2 is 2.00 bits per heavy atom. The van der Waals surface area contributed by atoms with Crippen LogP contribution in [0.1, 0.15) is 36.9 Å². The van der Waals surface area contributed by atoms with E-state index in [2.05, 4.69) is 30.0 Å². The van der Waals surface area contributed by atoms with Gasteiger partial charge in [0.05, 0.1) is 17.7 Å². The first-order valence-electron chi connectivity index (χ1n) is 6.65. The van der Waals surface area contributed by atoms with Crippen LogP contribution < -0.4 is 0 Å². The average molecular weight is 270 g/mol. The second kappa shape index (κ2) is 6.31. The van der Waals surface area contributed by atoms with Gasteiger partial charge in [0.15, 0.2) is 0 Å². The molecule has 0 amide bonds. The average Bonchev–Trinajstić information content (AvgIpc) is 2.85. The number of benzene rings is 1. The van der Waals surface area contributed by atoms with Crippen molar-refractivity contribution < 1.29 is 5.11 Å². The van der Waals surface area contributed by atoms with Crippen LogP contribution in [0, 0.1) is 17.2 Å². The predicted molar refractivity (Wildman–Crippen MR) is 74.7 cm³/mol. The lowest BCUT2D eigenvalue weighted by Crippen LogP contribution is -2.13. The molecule has 5 nitrogen and oxygen atoms in total. The molecule has 0 saturated heterocycles. The molecule has 1 heterocycles. The summed E-state index contributed by atoms with van der Waals surface area (Å²) in [6, 6.07) is 9.01. The third-order valence-corrected chi connectivity index (χ3v) is 3.03. The highest BCUT2D eigenvalue weighted by molar-refractivity contribution is 5.32. The van der Waals surface area contributed by atoms with Crippen molar-refractivity contribution in [3.05, 3.63) is 47.5 Å². The van der Waals surface area contributed by atoms with E-state index in [4.69, 9.17) is 5.26 Å². The van der Waals surface area contributed by atoms with E-state index in [0.29, 0.717) is 17.9 Å². The molecule has 104 valence electrons. The molecule has 0 aliphatic carbocycles. The van der Waals surface area contributed by atoms with Crippen LogP contribution in [0.4, 0.5) is 0 Å². The van der Waals surface area contributed by atoms with Crippen molar-refractivity contribution in [2.75, 3.05) is 0 Å². The quantitative estimate of drug-likeness (QED) is 0.902. The summed E-state index contributed by atoms with van der Waals surface area (Å²) in [4.78, 5) is 4.21. The van der Waals surface area contributed by atoms with Gasteiger partial charge in [0.1, 0.15) is 12.2 Å². The summed E-state index contributed by atoms with van der Waals surface area (Å²) in [5, 5.41) is 23.2. The normalized spacial score (nSPS) is 12.3. The van der Waals surface area contributed by atoms with Crippen molar-refractivity contribution in [3.8, 4) is 6.07 Å². The maximum atomic E-state index is 10.3. The molecule has 5 heteroatoms. The first-order chi connectivity index (χ1) is 9.60. The summed E-state index contributed by atoms with van der Waals surface area (Å²) in [6.45, 7) is 5.01. The van der Waals surface area contributed by atoms with Crippen molar-refractivity contribution in [2.24, 2.45) is 5.92 Å². The molecule has 1 aromatic heterocycles. The predicted octanol–water partition coefficient (Wildman–Crippen LogP) is 2.08. The molecule has 0 radical (unpaired) electrons. The Hall–Kier alpha value is -2.19. The minimum absolute atomic E-state index is 0.415. The van der Waals surface area contributed by atoms with Gasteiger partial charge < -0.3 is 5.11 Å². The van der Waals surface area contributed by atoms with E-state index in [0.717, 1.165) is 17.9 Å². The summed E-state index contributed by atoms with van der Waals surface area (Å²) in [5.41, 5.74) is 1.37. The second-order valence-electron chi connectivity index (χ2n) is 5.21. The number of rotatable bonds is 5. The maximum absolute atomic E-state index is 10.3. The molecule has 0 saturated carbocycles. The molecule has 1 N–H and O–H groups in total. The zero-order valence-electron chi connectivity index (χ0n) is 11.7. The Morgan fingerprint density at radius 3 is 2.60 bits per heavy atom. The highest BCUT2D eigenvalue weighted by atomic mass is 16.3. The van der Waals surface area contributed by atoms with Gasteiger partial charge in [-0.2, -0.15) is 10.4 Å². The van der Waals surface area contributed by atoms with Crippen molar-refractivity contribution in [1.29, 1.82) is 5.26 Å². The van der Waals surface area contributed by atoms with Crippen LogP contribution in [-0.2, 0) is 13.0 Å². The van der Waals surface area contributed by atoms with Crippen molar-refractivity contribution in [3.63, 3.8) is 0 Å². The Morgan fingerprint density at radius 1 is 1.30 bits per heavy atom. The summed E-state index contributed by atoms with van der Waals surface area (Å²) in [6.07, 6.45) is 1.29. The van der Waals surface area contributed by atoms with E-state index >= 15 is 0 Å². The molecule has 1 unspecified atom stereocenters. The van der Waals surface area contributed by atoms with Crippen LogP contribution >= 0.6 is 0 Å². The monoisotopic (exact) mass is 270 g/mol. The van der Waals surface area contributed by atoms with Crippen LogP contribution in [0.2, 0.25) is 0 Å². The molecule has 1 aromatic carbocycles. The zero-order valence-corrected chi connectivity index (χ0v) is 11.7. The van der Waals surface area contributed by atoms with E-state index in [1.54, 1.807) is 24.3 Å². The van der Waals surface area contributed by atoms with E-state index in [1.807, 2.05) is 4.68 Å². The molecule has 2 rings (SSSR count). The summed E-state index contributed by atoms with van der Waals surface area (Å²) >= 11 is 0. The Bertz CT molecular complexity index is 595. The van der Waals surface area contributed by atoms with Gasteiger partial charge in [-0.1, -0.05) is 26.0 Å². The van der Waals surface area contributed by atoms with E-state index < -0.39 is 6.10 Å². The minimum Gasteiger partial charge on any atom is -0.388 e. The van der Waals surface area contributed by atoms with Crippen molar-refractivity contribution in [2.45, 2.75) is 32.9 Å². The largest absolute Gasteiger partial charge is 0.388 e. The number of nitrogens with zero attached hydrogens (tertiary/aromatic N) is 4. The molecular weight excluding hydrogens is 252 g/mol. The fourth-order valence-electron chi connectivity index (χ4n) is 2.02. The van der Waals surface area contributed by atoms with Gasteiger partial charge in [0, 0.05) is 13.0 Å². The van der Waals surface area contributed by atoms with Crippen LogP contribution in [0.5, 0.6) is 0 Å². The van der Waals surface area contributed by atoms with Gasteiger partial charge >= 0.3 is 0 Å². The number of hydrogen-bond acceptors (Lipinski definition) is 4. The topological polar surface area (TPSA) is 74.7 Å². The highest BCUT2D eigenvalue weighted by Crippen LogP contribution is 2.18. The van der Waals surface area contributed by atoms with Gasteiger partial charge in [0.25, 0.3) is 0 Å². The lowest BCUT2D eigenvalue weighted by Gasteiger charge is -2.13. The zero-order chi connectivity index (χ0) is 14.5. The molecule has 0 bridgehead atoms. The molecule has 1 atom stereocenters. The van der Waals surface area contributed by atoms with E-state index in [9.17, 15) is 5.11 Å². The molecular formula is C15H18N4O. The number of aliphatic hydroxyl groups excluding tert-OH is 1. The Balaban J connectivity index is 2.09. The smallest absolute Gasteiger partial charge is 0.138 e. The molecule has 0 spiro atoms. The molecule has 20 heavy (non-hydrogen) atoms. The second-order valence-corrected chi connectivity index (χ2v) is 5.21. The first kappa shape index (κ1) is 14.2. The van der Waals surface area contributed by atoms with Crippen LogP contribution in [0.15, 0.2) is 30.6 Å². The molecule has 0 fully saturated rings. The fourth-order valence-corrected chi connectivity index (χ4v) is 2.02. The minimum atomic E-state index is -0.641. The van der Waals surface area contributed by atoms with Crippen LogP contribution in [0.3, 0.4) is 0 Å². The number of aromatic nitrogens is 3. The number of aliphatic hydroxyl groups is 1.